The molecule has 0 N–H and O–H groups in total. The fourth-order valence-electron chi connectivity index (χ4n) is 1.19. The molecule has 0 bridgehead atoms. The molecule has 66 valence electrons. The van der Waals surface area contributed by atoms with Crippen LogP contribution in [0.25, 0.3) is 0 Å². The summed E-state index contributed by atoms with van der Waals surface area (Å²) < 4.78 is 4.38. The van der Waals surface area contributed by atoms with Crippen LogP contribution < -0.4 is 0 Å². The van der Waals surface area contributed by atoms with Gasteiger partial charge in [-0.25, -0.2) is 0 Å². The average Bonchev–Trinajstić information content (AvgIpc) is 2.47. The largest absolute Gasteiger partial charge is 0.393 e. The summed E-state index contributed by atoms with van der Waals surface area (Å²) in [4.78, 5) is 29.6. The Balaban J connectivity index is 2.28. The second kappa shape index (κ2) is 2.93. The Morgan fingerprint density at radius 2 is 2.23 bits per heavy atom. The highest BCUT2D eigenvalue weighted by Crippen LogP contribution is 2.24. The molecule has 13 heavy (non-hydrogen) atoms. The molecule has 1 aliphatic heterocycles. The molecule has 2 heterocycles. The minimum atomic E-state index is -0.568. The second-order valence-corrected chi connectivity index (χ2v) is 2.68. The smallest absolute Gasteiger partial charge is 0.323 e. The standard InChI is InChI=1S/C8H6N2O3/c11-7-3-5(8(12)13-7)6-4-9-1-2-10-6/h1-2,4-5H,3H2. The number of ether oxygens (including phenoxy) is 1. The first kappa shape index (κ1) is 7.85. The van der Waals surface area contributed by atoms with Gasteiger partial charge in [-0.3, -0.25) is 19.6 Å². The molecule has 1 aliphatic rings. The van der Waals surface area contributed by atoms with Crippen molar-refractivity contribution in [2.24, 2.45) is 0 Å². The zero-order chi connectivity index (χ0) is 9.26. The van der Waals surface area contributed by atoms with Gasteiger partial charge in [-0.15, -0.1) is 0 Å². The summed E-state index contributed by atoms with van der Waals surface area (Å²) in [5.41, 5.74) is 0.485. The normalized spacial score (nSPS) is 21.7. The second-order valence-electron chi connectivity index (χ2n) is 2.68. The van der Waals surface area contributed by atoms with Crippen LogP contribution in [0.5, 0.6) is 0 Å². The van der Waals surface area contributed by atoms with Crippen molar-refractivity contribution in [1.29, 1.82) is 0 Å². The lowest BCUT2D eigenvalue weighted by molar-refractivity contribution is -0.152. The molecule has 0 saturated carbocycles. The first-order valence-electron chi connectivity index (χ1n) is 3.78. The Hall–Kier alpha value is -1.78. The average molecular weight is 178 g/mol. The topological polar surface area (TPSA) is 69.2 Å². The molecule has 0 aromatic carbocycles. The van der Waals surface area contributed by atoms with Crippen LogP contribution in [0.2, 0.25) is 0 Å². The highest BCUT2D eigenvalue weighted by atomic mass is 16.6. The minimum Gasteiger partial charge on any atom is -0.393 e. The van der Waals surface area contributed by atoms with Crippen LogP contribution in [-0.4, -0.2) is 21.9 Å². The zero-order valence-electron chi connectivity index (χ0n) is 6.64. The molecule has 0 radical (unpaired) electrons. The minimum absolute atomic E-state index is 0.0670. The molecule has 1 aromatic rings. The van der Waals surface area contributed by atoms with Gasteiger partial charge < -0.3 is 4.74 Å². The molecule has 1 unspecified atom stereocenters. The first-order valence-corrected chi connectivity index (χ1v) is 3.78. The van der Waals surface area contributed by atoms with Crippen molar-refractivity contribution in [2.45, 2.75) is 12.3 Å². The van der Waals surface area contributed by atoms with Crippen LogP contribution in [0, 0.1) is 0 Å². The van der Waals surface area contributed by atoms with Gasteiger partial charge in [0.05, 0.1) is 12.1 Å². The fourth-order valence-corrected chi connectivity index (χ4v) is 1.19. The number of nitrogens with zero attached hydrogens (tertiary/aromatic N) is 2. The maximum atomic E-state index is 11.1. The van der Waals surface area contributed by atoms with E-state index >= 15 is 0 Å². The van der Waals surface area contributed by atoms with Crippen molar-refractivity contribution in [2.75, 3.05) is 0 Å². The van der Waals surface area contributed by atoms with Crippen LogP contribution in [-0.2, 0) is 14.3 Å². The summed E-state index contributed by atoms with van der Waals surface area (Å²) >= 11 is 0. The number of carbonyl (C=O) groups excluding carboxylic acids is 2. The number of aromatic nitrogens is 2. The molecular weight excluding hydrogens is 172 g/mol. The van der Waals surface area contributed by atoms with E-state index in [2.05, 4.69) is 14.7 Å². The van der Waals surface area contributed by atoms with E-state index in [1.54, 1.807) is 0 Å². The predicted octanol–water partition coefficient (Wildman–Crippen LogP) is 0.0337. The van der Waals surface area contributed by atoms with Crippen molar-refractivity contribution >= 4 is 11.9 Å². The summed E-state index contributed by atoms with van der Waals surface area (Å²) in [5, 5.41) is 0. The number of esters is 2. The fraction of sp³-hybridized carbons (Fsp3) is 0.250. The number of hydrogen-bond donors (Lipinski definition) is 0. The van der Waals surface area contributed by atoms with Gasteiger partial charge >= 0.3 is 11.9 Å². The molecule has 1 aromatic heterocycles. The van der Waals surface area contributed by atoms with Gasteiger partial charge in [0.25, 0.3) is 0 Å². The summed E-state index contributed by atoms with van der Waals surface area (Å²) in [6.45, 7) is 0. The van der Waals surface area contributed by atoms with Crippen LogP contribution in [0.1, 0.15) is 18.0 Å². The summed E-state index contributed by atoms with van der Waals surface area (Å²) in [7, 11) is 0. The van der Waals surface area contributed by atoms with Crippen molar-refractivity contribution < 1.29 is 14.3 Å². The van der Waals surface area contributed by atoms with E-state index in [1.807, 2.05) is 0 Å². The zero-order valence-corrected chi connectivity index (χ0v) is 6.64. The maximum absolute atomic E-state index is 11.1. The Labute approximate surface area is 73.8 Å². The lowest BCUT2D eigenvalue weighted by Crippen LogP contribution is -2.07. The molecule has 0 aliphatic carbocycles. The lowest BCUT2D eigenvalue weighted by atomic mass is 10.1. The van der Waals surface area contributed by atoms with Crippen LogP contribution >= 0.6 is 0 Å². The Kier molecular flexibility index (Phi) is 1.77. The molecule has 1 fully saturated rings. The van der Waals surface area contributed by atoms with Gasteiger partial charge in [-0.05, 0) is 0 Å². The Morgan fingerprint density at radius 1 is 1.38 bits per heavy atom. The van der Waals surface area contributed by atoms with E-state index < -0.39 is 17.9 Å². The molecule has 0 amide bonds. The van der Waals surface area contributed by atoms with Crippen molar-refractivity contribution in [3.8, 4) is 0 Å². The Morgan fingerprint density at radius 3 is 2.77 bits per heavy atom. The summed E-state index contributed by atoms with van der Waals surface area (Å²) in [5.74, 6) is -1.60. The highest BCUT2D eigenvalue weighted by Gasteiger charge is 2.35. The Bertz CT molecular complexity index is 350. The third-order valence-electron chi connectivity index (χ3n) is 1.81. The molecule has 1 saturated heterocycles. The van der Waals surface area contributed by atoms with E-state index in [9.17, 15) is 9.59 Å². The van der Waals surface area contributed by atoms with Crippen LogP contribution in [0.3, 0.4) is 0 Å². The first-order chi connectivity index (χ1) is 6.27. The monoisotopic (exact) mass is 178 g/mol. The molecular formula is C8H6N2O3. The van der Waals surface area contributed by atoms with Crippen molar-refractivity contribution in [3.05, 3.63) is 24.3 Å². The van der Waals surface area contributed by atoms with Gasteiger partial charge in [0.15, 0.2) is 0 Å². The number of cyclic esters (lactones) is 2. The lowest BCUT2D eigenvalue weighted by Gasteiger charge is -2.00. The summed E-state index contributed by atoms with van der Waals surface area (Å²) in [6.07, 6.45) is 4.51. The SMILES string of the molecule is O=C1CC(c2cnccn2)C(=O)O1. The van der Waals surface area contributed by atoms with E-state index in [0.717, 1.165) is 0 Å². The van der Waals surface area contributed by atoms with Gasteiger partial charge in [0, 0.05) is 18.6 Å². The van der Waals surface area contributed by atoms with Gasteiger partial charge in [0.1, 0.15) is 5.92 Å². The molecule has 1 atom stereocenters. The summed E-state index contributed by atoms with van der Waals surface area (Å²) in [6, 6.07) is 0. The third kappa shape index (κ3) is 1.40. The predicted molar refractivity (Wildman–Crippen MR) is 40.5 cm³/mol. The maximum Gasteiger partial charge on any atom is 0.323 e. The van der Waals surface area contributed by atoms with Gasteiger partial charge in [-0.1, -0.05) is 0 Å². The van der Waals surface area contributed by atoms with Crippen LogP contribution in [0.4, 0.5) is 0 Å². The van der Waals surface area contributed by atoms with E-state index in [1.165, 1.54) is 18.6 Å². The molecule has 0 spiro atoms. The van der Waals surface area contributed by atoms with Gasteiger partial charge in [0.2, 0.25) is 0 Å². The van der Waals surface area contributed by atoms with Gasteiger partial charge in [-0.2, -0.15) is 0 Å². The quantitative estimate of drug-likeness (QED) is 0.448. The van der Waals surface area contributed by atoms with E-state index in [0.29, 0.717) is 5.69 Å². The van der Waals surface area contributed by atoms with Crippen LogP contribution in [0.15, 0.2) is 18.6 Å². The number of rotatable bonds is 1. The number of carbonyl (C=O) groups is 2. The third-order valence-corrected chi connectivity index (χ3v) is 1.81. The van der Waals surface area contributed by atoms with E-state index in [4.69, 9.17) is 0 Å². The van der Waals surface area contributed by atoms with E-state index in [-0.39, 0.29) is 6.42 Å². The molecule has 2 rings (SSSR count). The molecule has 5 heteroatoms. The van der Waals surface area contributed by atoms with Crippen molar-refractivity contribution in [3.63, 3.8) is 0 Å². The molecule has 5 nitrogen and oxygen atoms in total. The van der Waals surface area contributed by atoms with Crippen molar-refractivity contribution in [1.82, 2.24) is 9.97 Å². The number of hydrogen-bond acceptors (Lipinski definition) is 5. The highest BCUT2D eigenvalue weighted by molar-refractivity contribution is 5.97.